The molecule has 0 unspecified atom stereocenters. The van der Waals surface area contributed by atoms with Crippen molar-refractivity contribution >= 4 is 11.7 Å². The zero-order valence-corrected chi connectivity index (χ0v) is 11.5. The van der Waals surface area contributed by atoms with Crippen LogP contribution in [0, 0.1) is 13.8 Å². The van der Waals surface area contributed by atoms with E-state index in [1.165, 1.54) is 0 Å². The molecule has 0 aliphatic rings. The molecule has 2 amide bonds. The number of aliphatic hydroxyl groups excluding tert-OH is 1. The first-order valence-electron chi connectivity index (χ1n) is 6.12. The van der Waals surface area contributed by atoms with Crippen LogP contribution in [-0.4, -0.2) is 23.3 Å². The molecule has 1 aromatic rings. The van der Waals surface area contributed by atoms with E-state index < -0.39 is 5.54 Å². The number of rotatable bonds is 4. The molecule has 0 aliphatic carbocycles. The number of carbonyl (C=O) groups excluding carboxylic acids is 1. The predicted octanol–water partition coefficient (Wildman–Crippen LogP) is 2.59. The monoisotopic (exact) mass is 250 g/mol. The summed E-state index contributed by atoms with van der Waals surface area (Å²) in [4.78, 5) is 11.9. The Bertz CT molecular complexity index is 428. The van der Waals surface area contributed by atoms with Gasteiger partial charge in [0, 0.05) is 17.8 Å². The molecule has 0 radical (unpaired) electrons. The third-order valence-electron chi connectivity index (χ3n) is 3.04. The van der Waals surface area contributed by atoms with Crippen LogP contribution in [0.25, 0.3) is 0 Å². The van der Waals surface area contributed by atoms with Crippen LogP contribution in [0.15, 0.2) is 18.2 Å². The molecular formula is C14H22N2O2. The van der Waals surface area contributed by atoms with Gasteiger partial charge in [0.15, 0.2) is 0 Å². The fourth-order valence-corrected chi connectivity index (χ4v) is 1.69. The van der Waals surface area contributed by atoms with Crippen LogP contribution in [0.2, 0.25) is 0 Å². The van der Waals surface area contributed by atoms with Gasteiger partial charge >= 0.3 is 6.03 Å². The summed E-state index contributed by atoms with van der Waals surface area (Å²) in [6.07, 6.45) is 0.521. The van der Waals surface area contributed by atoms with E-state index in [4.69, 9.17) is 5.11 Å². The number of benzene rings is 1. The number of urea groups is 1. The third kappa shape index (κ3) is 4.04. The maximum absolute atomic E-state index is 11.9. The van der Waals surface area contributed by atoms with Crippen molar-refractivity contribution in [1.29, 1.82) is 0 Å². The van der Waals surface area contributed by atoms with E-state index in [0.717, 1.165) is 16.8 Å². The van der Waals surface area contributed by atoms with E-state index in [-0.39, 0.29) is 12.6 Å². The molecule has 1 aromatic carbocycles. The Kier molecular flexibility index (Phi) is 4.73. The second kappa shape index (κ2) is 5.87. The maximum Gasteiger partial charge on any atom is 0.319 e. The van der Waals surface area contributed by atoms with Gasteiger partial charge in [-0.2, -0.15) is 0 Å². The molecule has 0 aliphatic heterocycles. The largest absolute Gasteiger partial charge is 0.396 e. The SMILES string of the molecule is Cc1cccc(NC(=O)NC(C)(C)CCO)c1C. The normalized spacial score (nSPS) is 11.2. The minimum absolute atomic E-state index is 0.0523. The minimum atomic E-state index is -0.420. The quantitative estimate of drug-likeness (QED) is 0.769. The third-order valence-corrected chi connectivity index (χ3v) is 3.04. The van der Waals surface area contributed by atoms with Crippen molar-refractivity contribution in [2.75, 3.05) is 11.9 Å². The highest BCUT2D eigenvalue weighted by Gasteiger charge is 2.19. The first kappa shape index (κ1) is 14.5. The summed E-state index contributed by atoms with van der Waals surface area (Å²) in [6, 6.07) is 5.55. The van der Waals surface area contributed by atoms with Crippen LogP contribution in [0.5, 0.6) is 0 Å². The number of nitrogens with one attached hydrogen (secondary N) is 2. The first-order valence-corrected chi connectivity index (χ1v) is 6.12. The maximum atomic E-state index is 11.9. The highest BCUT2D eigenvalue weighted by molar-refractivity contribution is 5.90. The van der Waals surface area contributed by atoms with Crippen LogP contribution >= 0.6 is 0 Å². The van der Waals surface area contributed by atoms with Crippen molar-refractivity contribution in [3.8, 4) is 0 Å². The molecule has 0 atom stereocenters. The molecule has 4 heteroatoms. The lowest BCUT2D eigenvalue weighted by atomic mass is 10.0. The zero-order valence-electron chi connectivity index (χ0n) is 11.5. The number of aliphatic hydroxyl groups is 1. The standard InChI is InChI=1S/C14H22N2O2/c1-10-6-5-7-12(11(10)2)15-13(18)16-14(3,4)8-9-17/h5-7,17H,8-9H2,1-4H3,(H2,15,16,18). The smallest absolute Gasteiger partial charge is 0.319 e. The molecule has 0 saturated carbocycles. The average Bonchev–Trinajstić information content (AvgIpc) is 2.23. The summed E-state index contributed by atoms with van der Waals surface area (Å²) < 4.78 is 0. The van der Waals surface area contributed by atoms with Gasteiger partial charge in [0.25, 0.3) is 0 Å². The van der Waals surface area contributed by atoms with Gasteiger partial charge < -0.3 is 15.7 Å². The van der Waals surface area contributed by atoms with Gasteiger partial charge in [0.1, 0.15) is 0 Å². The van der Waals surface area contributed by atoms with E-state index in [2.05, 4.69) is 10.6 Å². The Morgan fingerprint density at radius 3 is 2.61 bits per heavy atom. The fourth-order valence-electron chi connectivity index (χ4n) is 1.69. The number of amides is 2. The average molecular weight is 250 g/mol. The highest BCUT2D eigenvalue weighted by atomic mass is 16.3. The van der Waals surface area contributed by atoms with Crippen molar-refractivity contribution in [3.05, 3.63) is 29.3 Å². The minimum Gasteiger partial charge on any atom is -0.396 e. The van der Waals surface area contributed by atoms with Crippen molar-refractivity contribution in [1.82, 2.24) is 5.32 Å². The molecule has 0 fully saturated rings. The lowest BCUT2D eigenvalue weighted by Gasteiger charge is -2.25. The Morgan fingerprint density at radius 1 is 1.33 bits per heavy atom. The van der Waals surface area contributed by atoms with Crippen LogP contribution in [0.1, 0.15) is 31.4 Å². The van der Waals surface area contributed by atoms with E-state index in [1.807, 2.05) is 45.9 Å². The number of aryl methyl sites for hydroxylation is 1. The molecule has 3 N–H and O–H groups in total. The number of hydrogen-bond acceptors (Lipinski definition) is 2. The first-order chi connectivity index (χ1) is 8.35. The van der Waals surface area contributed by atoms with Gasteiger partial charge in [-0.1, -0.05) is 12.1 Å². The Balaban J connectivity index is 2.68. The predicted molar refractivity (Wildman–Crippen MR) is 73.9 cm³/mol. The topological polar surface area (TPSA) is 61.4 Å². The lowest BCUT2D eigenvalue weighted by molar-refractivity contribution is 0.218. The Labute approximate surface area is 108 Å². The van der Waals surface area contributed by atoms with Crippen molar-refractivity contribution in [3.63, 3.8) is 0 Å². The van der Waals surface area contributed by atoms with E-state index in [9.17, 15) is 4.79 Å². The fraction of sp³-hybridized carbons (Fsp3) is 0.500. The number of carbonyl (C=O) groups is 1. The van der Waals surface area contributed by atoms with Crippen molar-refractivity contribution < 1.29 is 9.90 Å². The number of hydrogen-bond donors (Lipinski definition) is 3. The Hall–Kier alpha value is -1.55. The van der Waals surface area contributed by atoms with Gasteiger partial charge in [-0.05, 0) is 51.3 Å². The van der Waals surface area contributed by atoms with Crippen LogP contribution < -0.4 is 10.6 Å². The number of anilines is 1. The van der Waals surface area contributed by atoms with Crippen LogP contribution in [0.3, 0.4) is 0 Å². The summed E-state index contributed by atoms with van der Waals surface area (Å²) in [5, 5.41) is 14.6. The summed E-state index contributed by atoms with van der Waals surface area (Å²) in [5.41, 5.74) is 2.60. The van der Waals surface area contributed by atoms with E-state index >= 15 is 0 Å². The Morgan fingerprint density at radius 2 is 2.00 bits per heavy atom. The van der Waals surface area contributed by atoms with Gasteiger partial charge in [0.05, 0.1) is 0 Å². The van der Waals surface area contributed by atoms with Gasteiger partial charge in [-0.15, -0.1) is 0 Å². The van der Waals surface area contributed by atoms with Crippen molar-refractivity contribution in [2.45, 2.75) is 39.7 Å². The highest BCUT2D eigenvalue weighted by Crippen LogP contribution is 2.18. The molecule has 0 aromatic heterocycles. The lowest BCUT2D eigenvalue weighted by Crippen LogP contribution is -2.46. The van der Waals surface area contributed by atoms with E-state index in [0.29, 0.717) is 6.42 Å². The zero-order chi connectivity index (χ0) is 13.8. The van der Waals surface area contributed by atoms with Crippen LogP contribution in [-0.2, 0) is 0 Å². The molecule has 4 nitrogen and oxygen atoms in total. The van der Waals surface area contributed by atoms with E-state index in [1.54, 1.807) is 0 Å². The molecule has 100 valence electrons. The van der Waals surface area contributed by atoms with Crippen molar-refractivity contribution in [2.24, 2.45) is 0 Å². The molecule has 0 bridgehead atoms. The molecular weight excluding hydrogens is 228 g/mol. The summed E-state index contributed by atoms with van der Waals surface area (Å²) >= 11 is 0. The second-order valence-electron chi connectivity index (χ2n) is 5.18. The van der Waals surface area contributed by atoms with Gasteiger partial charge in [-0.25, -0.2) is 4.79 Å². The summed E-state index contributed by atoms with van der Waals surface area (Å²) in [7, 11) is 0. The molecule has 1 rings (SSSR count). The molecule has 0 heterocycles. The van der Waals surface area contributed by atoms with Crippen LogP contribution in [0.4, 0.5) is 10.5 Å². The molecule has 0 saturated heterocycles. The second-order valence-corrected chi connectivity index (χ2v) is 5.18. The van der Waals surface area contributed by atoms with Gasteiger partial charge in [0.2, 0.25) is 0 Å². The summed E-state index contributed by atoms with van der Waals surface area (Å²) in [6.45, 7) is 7.80. The molecule has 18 heavy (non-hydrogen) atoms. The van der Waals surface area contributed by atoms with Gasteiger partial charge in [-0.3, -0.25) is 0 Å². The summed E-state index contributed by atoms with van der Waals surface area (Å²) in [5.74, 6) is 0. The molecule has 0 spiro atoms.